The van der Waals surface area contributed by atoms with Gasteiger partial charge in [-0.05, 0) is 37.8 Å². The third-order valence-corrected chi connectivity index (χ3v) is 4.70. The molecule has 0 amide bonds. The van der Waals surface area contributed by atoms with E-state index in [0.717, 1.165) is 48.6 Å². The van der Waals surface area contributed by atoms with Gasteiger partial charge in [-0.1, -0.05) is 0 Å². The van der Waals surface area contributed by atoms with Gasteiger partial charge in [0, 0.05) is 37.6 Å². The lowest BCUT2D eigenvalue weighted by molar-refractivity contribution is 0.355. The zero-order valence-electron chi connectivity index (χ0n) is 13.6. The second-order valence-corrected chi connectivity index (χ2v) is 6.36. The molecule has 1 aliphatic heterocycles. The summed E-state index contributed by atoms with van der Waals surface area (Å²) in [4.78, 5) is 30.2. The molecule has 4 rings (SSSR count). The van der Waals surface area contributed by atoms with E-state index in [9.17, 15) is 4.79 Å². The maximum absolute atomic E-state index is 12.2. The van der Waals surface area contributed by atoms with Crippen molar-refractivity contribution in [3.05, 3.63) is 46.9 Å². The lowest BCUT2D eigenvalue weighted by Gasteiger charge is -2.32. The van der Waals surface area contributed by atoms with Crippen LogP contribution in [0, 0.1) is 12.8 Å². The third kappa shape index (κ3) is 2.77. The number of hydrogen-bond donors (Lipinski definition) is 1. The molecular formula is C17H20N6O. The molecule has 0 saturated carbocycles. The third-order valence-electron chi connectivity index (χ3n) is 4.70. The maximum atomic E-state index is 12.2. The van der Waals surface area contributed by atoms with E-state index in [0.29, 0.717) is 12.5 Å². The van der Waals surface area contributed by atoms with E-state index in [-0.39, 0.29) is 5.69 Å². The minimum Gasteiger partial charge on any atom is -0.356 e. The number of H-pyrrole nitrogens is 1. The fourth-order valence-corrected chi connectivity index (χ4v) is 3.37. The average molecular weight is 324 g/mol. The molecule has 24 heavy (non-hydrogen) atoms. The van der Waals surface area contributed by atoms with Crippen molar-refractivity contribution in [2.75, 3.05) is 18.0 Å². The molecule has 0 unspecified atom stereocenters. The highest BCUT2D eigenvalue weighted by molar-refractivity contribution is 5.69. The van der Waals surface area contributed by atoms with Gasteiger partial charge in [-0.2, -0.15) is 0 Å². The molecular weight excluding hydrogens is 304 g/mol. The molecule has 0 spiro atoms. The SMILES string of the molecule is Cc1cc(N2CCC(Cn3c(=O)[nH]c4cccnc43)CC2)ncn1. The standard InChI is InChI=1S/C17H20N6O/c1-12-9-15(20-11-19-12)22-7-4-13(5-8-22)10-23-16-14(21-17(23)24)3-2-6-18-16/h2-3,6,9,11,13H,4-5,7-8,10H2,1H3,(H,21,24). The van der Waals surface area contributed by atoms with Gasteiger partial charge in [0.05, 0.1) is 5.52 Å². The van der Waals surface area contributed by atoms with E-state index >= 15 is 0 Å². The number of anilines is 1. The van der Waals surface area contributed by atoms with Gasteiger partial charge in [0.15, 0.2) is 5.65 Å². The average Bonchev–Trinajstić information content (AvgIpc) is 2.91. The summed E-state index contributed by atoms with van der Waals surface area (Å²) >= 11 is 0. The minimum absolute atomic E-state index is 0.0717. The van der Waals surface area contributed by atoms with Crippen molar-refractivity contribution in [3.63, 3.8) is 0 Å². The smallest absolute Gasteiger partial charge is 0.327 e. The van der Waals surface area contributed by atoms with Gasteiger partial charge in [0.2, 0.25) is 0 Å². The molecule has 1 fully saturated rings. The maximum Gasteiger partial charge on any atom is 0.327 e. The predicted molar refractivity (Wildman–Crippen MR) is 92.1 cm³/mol. The topological polar surface area (TPSA) is 79.7 Å². The van der Waals surface area contributed by atoms with Crippen LogP contribution in [0.5, 0.6) is 0 Å². The van der Waals surface area contributed by atoms with Crippen molar-refractivity contribution in [2.45, 2.75) is 26.3 Å². The van der Waals surface area contributed by atoms with Crippen molar-refractivity contribution in [1.29, 1.82) is 0 Å². The van der Waals surface area contributed by atoms with Crippen LogP contribution in [0.15, 0.2) is 35.5 Å². The van der Waals surface area contributed by atoms with Crippen LogP contribution in [0.1, 0.15) is 18.5 Å². The number of piperidine rings is 1. The quantitative estimate of drug-likeness (QED) is 0.794. The fraction of sp³-hybridized carbons (Fsp3) is 0.412. The van der Waals surface area contributed by atoms with Crippen molar-refractivity contribution in [2.24, 2.45) is 5.92 Å². The number of nitrogens with one attached hydrogen (secondary N) is 1. The molecule has 1 saturated heterocycles. The van der Waals surface area contributed by atoms with Gasteiger partial charge >= 0.3 is 5.69 Å². The van der Waals surface area contributed by atoms with E-state index < -0.39 is 0 Å². The molecule has 0 aliphatic carbocycles. The molecule has 4 heterocycles. The van der Waals surface area contributed by atoms with Gasteiger partial charge in [-0.25, -0.2) is 19.7 Å². The van der Waals surface area contributed by atoms with Crippen LogP contribution < -0.4 is 10.6 Å². The number of rotatable bonds is 3. The number of aromatic amines is 1. The van der Waals surface area contributed by atoms with Gasteiger partial charge in [-0.15, -0.1) is 0 Å². The largest absolute Gasteiger partial charge is 0.356 e. The van der Waals surface area contributed by atoms with Crippen LogP contribution in [0.4, 0.5) is 5.82 Å². The zero-order chi connectivity index (χ0) is 16.5. The van der Waals surface area contributed by atoms with E-state index in [1.807, 2.05) is 25.1 Å². The Bertz CT molecular complexity index is 907. The number of pyridine rings is 1. The number of aryl methyl sites for hydroxylation is 1. The second kappa shape index (κ2) is 6.07. The first-order chi connectivity index (χ1) is 11.7. The van der Waals surface area contributed by atoms with Crippen molar-refractivity contribution < 1.29 is 0 Å². The summed E-state index contributed by atoms with van der Waals surface area (Å²) in [5.74, 6) is 1.47. The van der Waals surface area contributed by atoms with E-state index in [4.69, 9.17) is 0 Å². The molecule has 3 aromatic heterocycles. The molecule has 0 atom stereocenters. The zero-order valence-corrected chi connectivity index (χ0v) is 13.6. The van der Waals surface area contributed by atoms with Crippen LogP contribution >= 0.6 is 0 Å². The lowest BCUT2D eigenvalue weighted by atomic mass is 9.96. The Balaban J connectivity index is 1.46. The Hall–Kier alpha value is -2.70. The molecule has 124 valence electrons. The van der Waals surface area contributed by atoms with E-state index in [1.54, 1.807) is 17.1 Å². The molecule has 0 radical (unpaired) electrons. The van der Waals surface area contributed by atoms with E-state index in [2.05, 4.69) is 24.8 Å². The summed E-state index contributed by atoms with van der Waals surface area (Å²) in [6.45, 7) is 4.60. The first kappa shape index (κ1) is 14.9. The first-order valence-electron chi connectivity index (χ1n) is 8.28. The number of nitrogens with zero attached hydrogens (tertiary/aromatic N) is 5. The van der Waals surface area contributed by atoms with Crippen LogP contribution in [0.25, 0.3) is 11.2 Å². The summed E-state index contributed by atoms with van der Waals surface area (Å²) in [7, 11) is 0. The van der Waals surface area contributed by atoms with E-state index in [1.165, 1.54) is 0 Å². The molecule has 1 aliphatic rings. The van der Waals surface area contributed by atoms with Crippen LogP contribution in [-0.4, -0.2) is 37.6 Å². The highest BCUT2D eigenvalue weighted by Gasteiger charge is 2.22. The van der Waals surface area contributed by atoms with Crippen molar-refractivity contribution in [3.8, 4) is 0 Å². The van der Waals surface area contributed by atoms with Gasteiger partial charge in [0.1, 0.15) is 12.1 Å². The Morgan fingerprint density at radius 3 is 2.88 bits per heavy atom. The Kier molecular flexibility index (Phi) is 3.76. The highest BCUT2D eigenvalue weighted by atomic mass is 16.1. The molecule has 0 bridgehead atoms. The minimum atomic E-state index is -0.0717. The number of imidazole rings is 1. The van der Waals surface area contributed by atoms with Crippen molar-refractivity contribution >= 4 is 17.0 Å². The summed E-state index contributed by atoms with van der Waals surface area (Å²) in [5.41, 5.74) is 2.46. The lowest BCUT2D eigenvalue weighted by Crippen LogP contribution is -2.36. The number of aromatic nitrogens is 5. The Labute approximate surface area is 139 Å². The first-order valence-corrected chi connectivity index (χ1v) is 8.28. The molecule has 7 nitrogen and oxygen atoms in total. The normalized spacial score (nSPS) is 16.0. The van der Waals surface area contributed by atoms with Gasteiger partial charge < -0.3 is 9.88 Å². The molecule has 7 heteroatoms. The van der Waals surface area contributed by atoms with Gasteiger partial charge in [-0.3, -0.25) is 4.57 Å². The molecule has 1 N–H and O–H groups in total. The number of hydrogen-bond acceptors (Lipinski definition) is 5. The summed E-state index contributed by atoms with van der Waals surface area (Å²) in [5, 5.41) is 0. The fourth-order valence-electron chi connectivity index (χ4n) is 3.37. The van der Waals surface area contributed by atoms with Crippen LogP contribution in [0.2, 0.25) is 0 Å². The number of fused-ring (bicyclic) bond motifs is 1. The van der Waals surface area contributed by atoms with Crippen LogP contribution in [-0.2, 0) is 6.54 Å². The van der Waals surface area contributed by atoms with Gasteiger partial charge in [0.25, 0.3) is 0 Å². The molecule has 3 aromatic rings. The predicted octanol–water partition coefficient (Wildman–Crippen LogP) is 1.74. The summed E-state index contributed by atoms with van der Waals surface area (Å²) < 4.78 is 1.77. The highest BCUT2D eigenvalue weighted by Crippen LogP contribution is 2.23. The summed E-state index contributed by atoms with van der Waals surface area (Å²) in [6.07, 6.45) is 5.42. The van der Waals surface area contributed by atoms with Crippen LogP contribution in [0.3, 0.4) is 0 Å². The summed E-state index contributed by atoms with van der Waals surface area (Å²) in [6, 6.07) is 5.75. The Morgan fingerprint density at radius 2 is 2.08 bits per heavy atom. The second-order valence-electron chi connectivity index (χ2n) is 6.36. The van der Waals surface area contributed by atoms with Crippen molar-refractivity contribution in [1.82, 2.24) is 24.5 Å². The Morgan fingerprint density at radius 1 is 1.25 bits per heavy atom. The monoisotopic (exact) mass is 324 g/mol. The molecule has 0 aromatic carbocycles.